The first kappa shape index (κ1) is 18.9. The van der Waals surface area contributed by atoms with Gasteiger partial charge in [0, 0.05) is 22.0 Å². The van der Waals surface area contributed by atoms with Gasteiger partial charge in [-0.3, -0.25) is 4.79 Å². The zero-order valence-electron chi connectivity index (χ0n) is 14.6. The molecule has 0 fully saturated rings. The molecule has 0 spiro atoms. The van der Waals surface area contributed by atoms with E-state index in [0.717, 1.165) is 22.7 Å². The number of thioether (sulfide) groups is 2. The summed E-state index contributed by atoms with van der Waals surface area (Å²) in [5.41, 5.74) is 1.97. The van der Waals surface area contributed by atoms with Crippen LogP contribution in [0.5, 0.6) is 0 Å². The van der Waals surface area contributed by atoms with Gasteiger partial charge in [0.1, 0.15) is 0 Å². The number of hydrogen-bond donors (Lipinski definition) is 1. The lowest BCUT2D eigenvalue weighted by atomic mass is 10.2. The summed E-state index contributed by atoms with van der Waals surface area (Å²) < 4.78 is 0. The fraction of sp³-hybridized carbons (Fsp3) is 0.368. The van der Waals surface area contributed by atoms with Gasteiger partial charge < -0.3 is 5.32 Å². The quantitative estimate of drug-likeness (QED) is 0.671. The molecule has 1 aromatic heterocycles. The SMILES string of the molecule is CC[C@@H](C)Sc1ccc(NC(=O)[C@@H](C)Sc2ccccn2)c(C)c1. The molecule has 2 rings (SSSR count). The lowest BCUT2D eigenvalue weighted by molar-refractivity contribution is -0.115. The Morgan fingerprint density at radius 3 is 2.62 bits per heavy atom. The van der Waals surface area contributed by atoms with Gasteiger partial charge in [-0.2, -0.15) is 0 Å². The zero-order chi connectivity index (χ0) is 17.5. The number of nitrogens with one attached hydrogen (secondary N) is 1. The number of anilines is 1. The molecular weight excluding hydrogens is 336 g/mol. The van der Waals surface area contributed by atoms with Crippen LogP contribution in [0.15, 0.2) is 52.5 Å². The maximum absolute atomic E-state index is 12.4. The first-order valence-corrected chi connectivity index (χ1v) is 9.91. The van der Waals surface area contributed by atoms with Crippen molar-refractivity contribution in [3.63, 3.8) is 0 Å². The first-order chi connectivity index (χ1) is 11.5. The third-order valence-corrected chi connectivity index (χ3v) is 5.98. The van der Waals surface area contributed by atoms with Crippen LogP contribution >= 0.6 is 23.5 Å². The summed E-state index contributed by atoms with van der Waals surface area (Å²) in [6.45, 7) is 8.36. The molecule has 0 bridgehead atoms. The maximum Gasteiger partial charge on any atom is 0.237 e. The number of rotatable bonds is 7. The Morgan fingerprint density at radius 2 is 2.00 bits per heavy atom. The van der Waals surface area contributed by atoms with E-state index in [1.165, 1.54) is 16.7 Å². The number of carbonyl (C=O) groups excluding carboxylic acids is 1. The molecule has 0 saturated carbocycles. The number of aryl methyl sites for hydroxylation is 1. The van der Waals surface area contributed by atoms with Gasteiger partial charge in [0.25, 0.3) is 0 Å². The highest BCUT2D eigenvalue weighted by Gasteiger charge is 2.16. The van der Waals surface area contributed by atoms with Crippen molar-refractivity contribution >= 4 is 35.1 Å². The van der Waals surface area contributed by atoms with E-state index in [-0.39, 0.29) is 11.2 Å². The summed E-state index contributed by atoms with van der Waals surface area (Å²) in [6, 6.07) is 11.9. The summed E-state index contributed by atoms with van der Waals surface area (Å²) in [6.07, 6.45) is 2.88. The van der Waals surface area contributed by atoms with Crippen molar-refractivity contribution in [1.82, 2.24) is 4.98 Å². The molecule has 3 nitrogen and oxygen atoms in total. The van der Waals surface area contributed by atoms with Crippen LogP contribution in [0, 0.1) is 6.92 Å². The van der Waals surface area contributed by atoms with Crippen molar-refractivity contribution in [2.24, 2.45) is 0 Å². The van der Waals surface area contributed by atoms with Crippen molar-refractivity contribution in [2.45, 2.75) is 54.5 Å². The topological polar surface area (TPSA) is 42.0 Å². The van der Waals surface area contributed by atoms with Crippen molar-refractivity contribution < 1.29 is 4.79 Å². The largest absolute Gasteiger partial charge is 0.325 e. The summed E-state index contributed by atoms with van der Waals surface area (Å²) in [5.74, 6) is -0.00363. The molecular formula is C19H24N2OS2. The van der Waals surface area contributed by atoms with E-state index in [4.69, 9.17) is 0 Å². The van der Waals surface area contributed by atoms with Crippen molar-refractivity contribution in [1.29, 1.82) is 0 Å². The fourth-order valence-corrected chi connectivity index (χ4v) is 3.88. The van der Waals surface area contributed by atoms with E-state index in [0.29, 0.717) is 5.25 Å². The Bertz CT molecular complexity index is 676. The van der Waals surface area contributed by atoms with Gasteiger partial charge in [-0.1, -0.05) is 31.7 Å². The molecule has 1 N–H and O–H groups in total. The van der Waals surface area contributed by atoms with E-state index in [1.54, 1.807) is 6.20 Å². The van der Waals surface area contributed by atoms with Gasteiger partial charge in [0.2, 0.25) is 5.91 Å². The summed E-state index contributed by atoms with van der Waals surface area (Å²) in [5, 5.41) is 4.28. The van der Waals surface area contributed by atoms with Crippen LogP contribution in [0.2, 0.25) is 0 Å². The second kappa shape index (κ2) is 9.14. The van der Waals surface area contributed by atoms with Crippen LogP contribution in [0.4, 0.5) is 5.69 Å². The van der Waals surface area contributed by atoms with Gasteiger partial charge >= 0.3 is 0 Å². The Balaban J connectivity index is 1.98. The third-order valence-electron chi connectivity index (χ3n) is 3.67. The predicted molar refractivity (Wildman–Crippen MR) is 105 cm³/mol. The number of benzene rings is 1. The normalized spacial score (nSPS) is 13.3. The molecule has 0 aliphatic rings. The van der Waals surface area contributed by atoms with Gasteiger partial charge in [0.15, 0.2) is 0 Å². The van der Waals surface area contributed by atoms with Gasteiger partial charge in [-0.25, -0.2) is 4.98 Å². The lowest BCUT2D eigenvalue weighted by Gasteiger charge is -2.15. The van der Waals surface area contributed by atoms with Crippen molar-refractivity contribution in [2.75, 3.05) is 5.32 Å². The minimum atomic E-state index is -0.200. The molecule has 128 valence electrons. The molecule has 1 aromatic carbocycles. The van der Waals surface area contributed by atoms with E-state index < -0.39 is 0 Å². The van der Waals surface area contributed by atoms with Crippen molar-refractivity contribution in [3.05, 3.63) is 48.2 Å². The molecule has 0 aliphatic heterocycles. The number of carbonyl (C=O) groups is 1. The molecule has 1 heterocycles. The van der Waals surface area contributed by atoms with E-state index >= 15 is 0 Å². The third kappa shape index (κ3) is 5.56. The minimum Gasteiger partial charge on any atom is -0.325 e. The number of nitrogens with zero attached hydrogens (tertiary/aromatic N) is 1. The molecule has 5 heteroatoms. The second-order valence-corrected chi connectivity index (χ2v) is 8.60. The van der Waals surface area contributed by atoms with Gasteiger partial charge in [-0.15, -0.1) is 11.8 Å². The summed E-state index contributed by atoms with van der Waals surface area (Å²) >= 11 is 3.33. The van der Waals surface area contributed by atoms with E-state index in [9.17, 15) is 4.79 Å². The number of amides is 1. The summed E-state index contributed by atoms with van der Waals surface area (Å²) in [7, 11) is 0. The van der Waals surface area contributed by atoms with E-state index in [1.807, 2.05) is 49.9 Å². The van der Waals surface area contributed by atoms with Crippen LogP contribution in [-0.2, 0) is 4.79 Å². The maximum atomic E-state index is 12.4. The molecule has 0 saturated heterocycles. The van der Waals surface area contributed by atoms with Crippen LogP contribution in [0.25, 0.3) is 0 Å². The lowest BCUT2D eigenvalue weighted by Crippen LogP contribution is -2.22. The molecule has 2 aromatic rings. The zero-order valence-corrected chi connectivity index (χ0v) is 16.2. The van der Waals surface area contributed by atoms with Crippen molar-refractivity contribution in [3.8, 4) is 0 Å². The minimum absolute atomic E-state index is 0.00363. The molecule has 1 amide bonds. The molecule has 0 radical (unpaired) electrons. The highest BCUT2D eigenvalue weighted by molar-refractivity contribution is 8.00. The Hall–Kier alpha value is -1.46. The smallest absolute Gasteiger partial charge is 0.237 e. The highest BCUT2D eigenvalue weighted by Crippen LogP contribution is 2.29. The van der Waals surface area contributed by atoms with Gasteiger partial charge in [-0.05, 0) is 56.2 Å². The number of hydrogen-bond acceptors (Lipinski definition) is 4. The summed E-state index contributed by atoms with van der Waals surface area (Å²) in [4.78, 5) is 17.9. The average Bonchev–Trinajstić information content (AvgIpc) is 2.58. The van der Waals surface area contributed by atoms with Crippen LogP contribution in [0.3, 0.4) is 0 Å². The Labute approximate surface area is 153 Å². The Morgan fingerprint density at radius 1 is 1.21 bits per heavy atom. The fourth-order valence-electron chi connectivity index (χ4n) is 2.05. The molecule has 2 atom stereocenters. The molecule has 24 heavy (non-hydrogen) atoms. The van der Waals surface area contributed by atoms with Crippen LogP contribution in [-0.4, -0.2) is 21.4 Å². The van der Waals surface area contributed by atoms with Crippen LogP contribution in [0.1, 0.15) is 32.8 Å². The predicted octanol–water partition coefficient (Wildman–Crippen LogP) is 5.40. The monoisotopic (exact) mass is 360 g/mol. The molecule has 0 aliphatic carbocycles. The van der Waals surface area contributed by atoms with Crippen LogP contribution < -0.4 is 5.32 Å². The molecule has 0 unspecified atom stereocenters. The average molecular weight is 361 g/mol. The van der Waals surface area contributed by atoms with Gasteiger partial charge in [0.05, 0.1) is 10.3 Å². The highest BCUT2D eigenvalue weighted by atomic mass is 32.2. The van der Waals surface area contributed by atoms with E-state index in [2.05, 4.69) is 36.3 Å². The first-order valence-electron chi connectivity index (χ1n) is 8.15. The second-order valence-electron chi connectivity index (χ2n) is 5.73. The Kier molecular flexibility index (Phi) is 7.18. The standard InChI is InChI=1S/C19H24N2OS2/c1-5-14(3)23-16-9-10-17(13(2)12-16)21-19(22)15(4)24-18-8-6-7-11-20-18/h6-12,14-15H,5H2,1-4H3,(H,21,22)/t14-,15-/m1/s1. The number of pyridine rings is 1. The number of aromatic nitrogens is 1.